The number of carbonyl (C=O) groups excluding carboxylic acids is 2. The highest BCUT2D eigenvalue weighted by Gasteiger charge is 2.32. The van der Waals surface area contributed by atoms with E-state index in [0.717, 1.165) is 43.0 Å². The molecule has 0 bridgehead atoms. The molecule has 1 heterocycles. The molecule has 6 nitrogen and oxygen atoms in total. The lowest BCUT2D eigenvalue weighted by atomic mass is 9.90. The maximum Gasteiger partial charge on any atom is 0.251 e. The smallest absolute Gasteiger partial charge is 0.251 e. The number of carbonyl (C=O) groups is 2. The Hall–Kier alpha value is -4.00. The van der Waals surface area contributed by atoms with Crippen molar-refractivity contribution in [2.24, 2.45) is 0 Å². The molecule has 3 N–H and O–H groups in total. The number of rotatable bonds is 13. The molecular formula is C39H46N4O2. The minimum atomic E-state index is -0.272. The van der Waals surface area contributed by atoms with E-state index in [2.05, 4.69) is 75.4 Å². The summed E-state index contributed by atoms with van der Waals surface area (Å²) in [5.41, 5.74) is 3.09. The number of hydrogen-bond acceptors (Lipinski definition) is 4. The van der Waals surface area contributed by atoms with Crippen molar-refractivity contribution < 1.29 is 9.59 Å². The highest BCUT2D eigenvalue weighted by Crippen LogP contribution is 2.27. The van der Waals surface area contributed by atoms with Crippen LogP contribution in [0, 0.1) is 0 Å². The fraction of sp³-hybridized carbons (Fsp3) is 0.385. The maximum atomic E-state index is 14.2. The van der Waals surface area contributed by atoms with Crippen molar-refractivity contribution in [2.75, 3.05) is 26.2 Å². The number of amides is 2. The van der Waals surface area contributed by atoms with Crippen LogP contribution in [0.5, 0.6) is 0 Å². The Morgan fingerprint density at radius 2 is 1.51 bits per heavy atom. The van der Waals surface area contributed by atoms with Crippen LogP contribution in [-0.4, -0.2) is 61.0 Å². The minimum Gasteiger partial charge on any atom is -0.350 e. The second kappa shape index (κ2) is 15.3. The van der Waals surface area contributed by atoms with Crippen molar-refractivity contribution in [3.63, 3.8) is 0 Å². The van der Waals surface area contributed by atoms with E-state index in [1.165, 1.54) is 30.4 Å². The zero-order valence-corrected chi connectivity index (χ0v) is 26.2. The second-order valence-electron chi connectivity index (χ2n) is 12.7. The lowest BCUT2D eigenvalue weighted by Crippen LogP contribution is -2.49. The molecule has 1 saturated carbocycles. The van der Waals surface area contributed by atoms with Crippen molar-refractivity contribution in [2.45, 2.75) is 69.0 Å². The number of hydrogen-bond donors (Lipinski definition) is 3. The van der Waals surface area contributed by atoms with Gasteiger partial charge in [-0.1, -0.05) is 104 Å². The number of nitrogens with one attached hydrogen (secondary N) is 3. The molecule has 0 unspecified atom stereocenters. The third-order valence-corrected chi connectivity index (χ3v) is 9.58. The van der Waals surface area contributed by atoms with Crippen LogP contribution in [0.1, 0.15) is 72.3 Å². The van der Waals surface area contributed by atoms with Crippen molar-refractivity contribution in [1.82, 2.24) is 20.9 Å². The van der Waals surface area contributed by atoms with Gasteiger partial charge in [0.25, 0.3) is 5.91 Å². The van der Waals surface area contributed by atoms with E-state index in [1.807, 2.05) is 48.5 Å². The Labute approximate surface area is 267 Å². The standard InChI is InChI=1S/C39H46N4O2/c44-38(33-22-21-29-12-7-8-17-32(29)26-33)41-27-35-23-25-43(39(45)37(42-35)20-9-10-24-40-34-18-11-19-34)28-36(30-13-3-1-4-14-30)31-15-5-2-6-16-31/h1-8,12-17,21-22,26,34-37,40,42H,9-11,18-20,23-25,27-28H2,(H,41,44)/t35-,37-/m1/s1. The van der Waals surface area contributed by atoms with Gasteiger partial charge in [0.15, 0.2) is 0 Å². The van der Waals surface area contributed by atoms with Gasteiger partial charge in [-0.25, -0.2) is 0 Å². The molecule has 2 atom stereocenters. The topological polar surface area (TPSA) is 73.5 Å². The molecule has 2 aliphatic rings. The van der Waals surface area contributed by atoms with Crippen molar-refractivity contribution in [3.05, 3.63) is 120 Å². The summed E-state index contributed by atoms with van der Waals surface area (Å²) < 4.78 is 0. The molecular weight excluding hydrogens is 556 g/mol. The molecule has 4 aromatic rings. The first-order valence-corrected chi connectivity index (χ1v) is 16.8. The fourth-order valence-electron chi connectivity index (χ4n) is 6.67. The van der Waals surface area contributed by atoms with Crippen LogP contribution in [0.25, 0.3) is 10.8 Å². The summed E-state index contributed by atoms with van der Waals surface area (Å²) in [7, 11) is 0. The Morgan fingerprint density at radius 1 is 0.822 bits per heavy atom. The lowest BCUT2D eigenvalue weighted by molar-refractivity contribution is -0.133. The third kappa shape index (κ3) is 8.19. The largest absolute Gasteiger partial charge is 0.350 e. The SMILES string of the molecule is O=C(NC[C@H]1CCN(CC(c2ccccc2)c2ccccc2)C(=O)[C@@H](CCCCNC2CCC2)N1)c1ccc2ccccc2c1. The Balaban J connectivity index is 1.14. The maximum absolute atomic E-state index is 14.2. The van der Waals surface area contributed by atoms with Crippen molar-refractivity contribution in [3.8, 4) is 0 Å². The highest BCUT2D eigenvalue weighted by atomic mass is 16.2. The van der Waals surface area contributed by atoms with Gasteiger partial charge in [0.2, 0.25) is 5.91 Å². The van der Waals surface area contributed by atoms with Crippen molar-refractivity contribution >= 4 is 22.6 Å². The number of benzene rings is 4. The zero-order chi connectivity index (χ0) is 30.8. The van der Waals surface area contributed by atoms with E-state index >= 15 is 0 Å². The normalized spacial score (nSPS) is 19.0. The van der Waals surface area contributed by atoms with Crippen molar-refractivity contribution in [1.29, 1.82) is 0 Å². The molecule has 0 spiro atoms. The third-order valence-electron chi connectivity index (χ3n) is 9.58. The van der Waals surface area contributed by atoms with Crippen LogP contribution >= 0.6 is 0 Å². The molecule has 1 saturated heterocycles. The first-order valence-electron chi connectivity index (χ1n) is 16.8. The molecule has 1 aliphatic carbocycles. The summed E-state index contributed by atoms with van der Waals surface area (Å²) in [6.45, 7) is 2.76. The van der Waals surface area contributed by atoms with Gasteiger partial charge in [0.1, 0.15) is 0 Å². The fourth-order valence-corrected chi connectivity index (χ4v) is 6.67. The first-order chi connectivity index (χ1) is 22.1. The van der Waals surface area contributed by atoms with Crippen LogP contribution in [0.4, 0.5) is 0 Å². The summed E-state index contributed by atoms with van der Waals surface area (Å²) in [5.74, 6) is 0.178. The number of unbranched alkanes of at least 4 members (excludes halogenated alkanes) is 1. The van der Waals surface area contributed by atoms with Crippen LogP contribution in [0.3, 0.4) is 0 Å². The van der Waals surface area contributed by atoms with Crippen LogP contribution in [0.15, 0.2) is 103 Å². The summed E-state index contributed by atoms with van der Waals surface area (Å²) in [5, 5.41) is 12.7. The van der Waals surface area contributed by atoms with Crippen LogP contribution in [-0.2, 0) is 4.79 Å². The van der Waals surface area contributed by atoms with E-state index < -0.39 is 0 Å². The van der Waals surface area contributed by atoms with Crippen LogP contribution in [0.2, 0.25) is 0 Å². The van der Waals surface area contributed by atoms with Gasteiger partial charge >= 0.3 is 0 Å². The Bertz CT molecular complexity index is 1500. The lowest BCUT2D eigenvalue weighted by Gasteiger charge is -2.29. The van der Waals surface area contributed by atoms with E-state index in [9.17, 15) is 9.59 Å². The predicted octanol–water partition coefficient (Wildman–Crippen LogP) is 6.27. The molecule has 2 fully saturated rings. The average molecular weight is 603 g/mol. The van der Waals surface area contributed by atoms with E-state index in [0.29, 0.717) is 31.2 Å². The van der Waals surface area contributed by atoms with Gasteiger partial charge in [-0.15, -0.1) is 0 Å². The van der Waals surface area contributed by atoms with Crippen LogP contribution < -0.4 is 16.0 Å². The van der Waals surface area contributed by atoms with E-state index in [-0.39, 0.29) is 29.8 Å². The summed E-state index contributed by atoms with van der Waals surface area (Å²) >= 11 is 0. The van der Waals surface area contributed by atoms with Gasteiger partial charge in [0.05, 0.1) is 6.04 Å². The van der Waals surface area contributed by atoms with Gasteiger partial charge in [0, 0.05) is 43.2 Å². The summed E-state index contributed by atoms with van der Waals surface area (Å²) in [6.07, 6.45) is 7.51. The quantitative estimate of drug-likeness (QED) is 0.158. The van der Waals surface area contributed by atoms with E-state index in [1.54, 1.807) is 0 Å². The molecule has 6 heteroatoms. The van der Waals surface area contributed by atoms with Gasteiger partial charge in [-0.2, -0.15) is 0 Å². The summed E-state index contributed by atoms with van der Waals surface area (Å²) in [6, 6.07) is 35.4. The van der Waals surface area contributed by atoms with Gasteiger partial charge in [-0.3, -0.25) is 9.59 Å². The zero-order valence-electron chi connectivity index (χ0n) is 26.2. The average Bonchev–Trinajstić information content (AvgIpc) is 3.21. The molecule has 2 amide bonds. The van der Waals surface area contributed by atoms with Gasteiger partial charge < -0.3 is 20.9 Å². The highest BCUT2D eigenvalue weighted by molar-refractivity contribution is 5.98. The molecule has 45 heavy (non-hydrogen) atoms. The molecule has 6 rings (SSSR count). The predicted molar refractivity (Wildman–Crippen MR) is 182 cm³/mol. The molecule has 0 radical (unpaired) electrons. The summed E-state index contributed by atoms with van der Waals surface area (Å²) in [4.78, 5) is 29.4. The second-order valence-corrected chi connectivity index (χ2v) is 12.7. The first kappa shape index (κ1) is 31.0. The molecule has 1 aliphatic heterocycles. The van der Waals surface area contributed by atoms with Gasteiger partial charge in [-0.05, 0) is 72.7 Å². The molecule has 234 valence electrons. The Morgan fingerprint density at radius 3 is 2.20 bits per heavy atom. The van der Waals surface area contributed by atoms with E-state index in [4.69, 9.17) is 0 Å². The number of fused-ring (bicyclic) bond motifs is 1. The minimum absolute atomic E-state index is 0.00774. The Kier molecular flexibility index (Phi) is 10.6. The monoisotopic (exact) mass is 602 g/mol. The number of nitrogens with zero attached hydrogens (tertiary/aromatic N) is 1. The molecule has 0 aromatic heterocycles. The molecule has 4 aromatic carbocycles.